The molecule has 11 nitrogen and oxygen atoms in total. The van der Waals surface area contributed by atoms with Crippen LogP contribution in [0.5, 0.6) is 5.75 Å². The molecule has 0 bridgehead atoms. The zero-order valence-corrected chi connectivity index (χ0v) is 29.4. The number of hydrogen-bond donors (Lipinski definition) is 4. The Bertz CT molecular complexity index is 2050. The summed E-state index contributed by atoms with van der Waals surface area (Å²) >= 11 is 0. The Balaban J connectivity index is 1.04. The fourth-order valence-electron chi connectivity index (χ4n) is 8.03. The molecule has 4 aliphatic heterocycles. The van der Waals surface area contributed by atoms with Crippen molar-refractivity contribution in [2.75, 3.05) is 31.1 Å². The molecule has 53 heavy (non-hydrogen) atoms. The second kappa shape index (κ2) is 14.5. The summed E-state index contributed by atoms with van der Waals surface area (Å²) in [4.78, 5) is 39.7. The van der Waals surface area contributed by atoms with Gasteiger partial charge in [-0.3, -0.25) is 14.6 Å². The summed E-state index contributed by atoms with van der Waals surface area (Å²) in [5.41, 5.74) is 4.88. The lowest BCUT2D eigenvalue weighted by molar-refractivity contribution is -0.118. The summed E-state index contributed by atoms with van der Waals surface area (Å²) in [7, 11) is 0. The first-order valence-electron chi connectivity index (χ1n) is 18.2. The summed E-state index contributed by atoms with van der Waals surface area (Å²) in [5.74, 6) is -0.603. The van der Waals surface area contributed by atoms with Crippen molar-refractivity contribution < 1.29 is 23.5 Å². The van der Waals surface area contributed by atoms with Crippen LogP contribution in [0, 0.1) is 5.82 Å². The maximum absolute atomic E-state index is 14.9. The second-order valence-corrected chi connectivity index (χ2v) is 14.0. The molecule has 1 saturated heterocycles. The van der Waals surface area contributed by atoms with E-state index in [-0.39, 0.29) is 41.8 Å². The van der Waals surface area contributed by atoms with Gasteiger partial charge in [0, 0.05) is 62.8 Å². The van der Waals surface area contributed by atoms with E-state index in [0.29, 0.717) is 60.7 Å². The van der Waals surface area contributed by atoms with Crippen LogP contribution in [-0.2, 0) is 11.3 Å². The third-order valence-corrected chi connectivity index (χ3v) is 10.6. The number of allylic oxidation sites excluding steroid dienone is 3. The Morgan fingerprint density at radius 3 is 2.64 bits per heavy atom. The number of pyridine rings is 1. The molecule has 2 aromatic carbocycles. The van der Waals surface area contributed by atoms with Gasteiger partial charge >= 0.3 is 6.03 Å². The minimum Gasteiger partial charge on any atom is -0.508 e. The number of benzene rings is 2. The van der Waals surface area contributed by atoms with Crippen molar-refractivity contribution in [2.45, 2.75) is 57.4 Å². The van der Waals surface area contributed by atoms with E-state index in [1.54, 1.807) is 39.1 Å². The SMILES string of the molecule is CC=C1c2cc(F)cnc2N(c2cccc(-c3ccc(O)cc3CN3CCNCC3)c2)C(=O)N1C1CCC(NC(=O)C2=CN3C=C(F)C=CC3N2)CC1. The quantitative estimate of drug-likeness (QED) is 0.242. The Hall–Kier alpha value is -5.53. The molecular weight excluding hydrogens is 678 g/mol. The lowest BCUT2D eigenvalue weighted by Crippen LogP contribution is -2.51. The highest BCUT2D eigenvalue weighted by Crippen LogP contribution is 2.43. The molecule has 8 rings (SSSR count). The number of aromatic nitrogens is 1. The summed E-state index contributed by atoms with van der Waals surface area (Å²) < 4.78 is 28.6. The topological polar surface area (TPSA) is 116 Å². The minimum absolute atomic E-state index is 0.115. The molecule has 0 spiro atoms. The number of nitrogens with one attached hydrogen (secondary N) is 3. The summed E-state index contributed by atoms with van der Waals surface area (Å²) in [6.07, 6.45) is 11.1. The van der Waals surface area contributed by atoms with Gasteiger partial charge in [0.05, 0.1) is 17.6 Å². The number of phenolic OH excluding ortho intramolecular Hbond substituents is 1. The summed E-state index contributed by atoms with van der Waals surface area (Å²) in [6, 6.07) is 13.9. The van der Waals surface area contributed by atoms with Gasteiger partial charge in [-0.25, -0.2) is 23.5 Å². The number of piperazine rings is 1. The Morgan fingerprint density at radius 2 is 1.85 bits per heavy atom. The molecule has 4 N–H and O–H groups in total. The van der Waals surface area contributed by atoms with Gasteiger partial charge in [-0.2, -0.15) is 0 Å². The predicted molar refractivity (Wildman–Crippen MR) is 198 cm³/mol. The van der Waals surface area contributed by atoms with Crippen LogP contribution in [0.4, 0.5) is 25.1 Å². The van der Waals surface area contributed by atoms with Gasteiger partial charge in [-0.05, 0) is 91.8 Å². The number of hydrogen-bond acceptors (Lipinski definition) is 8. The maximum Gasteiger partial charge on any atom is 0.335 e. The second-order valence-electron chi connectivity index (χ2n) is 14.0. The first-order valence-corrected chi connectivity index (χ1v) is 18.2. The van der Waals surface area contributed by atoms with Gasteiger partial charge in [0.25, 0.3) is 5.91 Å². The third-order valence-electron chi connectivity index (χ3n) is 10.6. The van der Waals surface area contributed by atoms with Crippen LogP contribution in [0.15, 0.2) is 96.9 Å². The van der Waals surface area contributed by atoms with Gasteiger partial charge in [-0.15, -0.1) is 0 Å². The van der Waals surface area contributed by atoms with E-state index in [4.69, 9.17) is 0 Å². The van der Waals surface area contributed by atoms with Crippen LogP contribution in [-0.4, -0.2) is 81.2 Å². The fraction of sp³-hybridized carbons (Fsp3) is 0.325. The molecule has 5 heterocycles. The monoisotopic (exact) mass is 720 g/mol. The number of rotatable bonds is 7. The zero-order chi connectivity index (χ0) is 36.6. The van der Waals surface area contributed by atoms with Crippen molar-refractivity contribution in [2.24, 2.45) is 0 Å². The first-order chi connectivity index (χ1) is 25.7. The molecule has 1 unspecified atom stereocenters. The van der Waals surface area contributed by atoms with Crippen LogP contribution < -0.4 is 20.9 Å². The van der Waals surface area contributed by atoms with E-state index in [0.717, 1.165) is 49.1 Å². The van der Waals surface area contributed by atoms with E-state index in [1.165, 1.54) is 18.3 Å². The maximum atomic E-state index is 14.9. The lowest BCUT2D eigenvalue weighted by atomic mass is 9.88. The van der Waals surface area contributed by atoms with Crippen LogP contribution >= 0.6 is 0 Å². The highest BCUT2D eigenvalue weighted by Gasteiger charge is 2.41. The van der Waals surface area contributed by atoms with E-state index in [2.05, 4.69) is 25.8 Å². The molecule has 3 aromatic rings. The highest BCUT2D eigenvalue weighted by atomic mass is 19.1. The number of anilines is 2. The van der Waals surface area contributed by atoms with Gasteiger partial charge in [-0.1, -0.05) is 24.3 Å². The predicted octanol–water partition coefficient (Wildman–Crippen LogP) is 5.81. The summed E-state index contributed by atoms with van der Waals surface area (Å²) in [6.45, 7) is 6.13. The van der Waals surface area contributed by atoms with Crippen molar-refractivity contribution >= 4 is 29.1 Å². The number of phenols is 1. The van der Waals surface area contributed by atoms with E-state index >= 15 is 0 Å². The Morgan fingerprint density at radius 1 is 1.04 bits per heavy atom. The number of carbonyl (C=O) groups is 2. The van der Waals surface area contributed by atoms with Crippen molar-refractivity contribution in [3.05, 3.63) is 114 Å². The number of amides is 3. The third kappa shape index (κ3) is 6.89. The fourth-order valence-corrected chi connectivity index (χ4v) is 8.03. The number of halogens is 2. The molecule has 1 aromatic heterocycles. The largest absolute Gasteiger partial charge is 0.508 e. The van der Waals surface area contributed by atoms with E-state index in [1.807, 2.05) is 43.3 Å². The molecule has 274 valence electrons. The van der Waals surface area contributed by atoms with Crippen molar-refractivity contribution in [3.63, 3.8) is 0 Å². The molecule has 3 amide bonds. The molecule has 5 aliphatic rings. The Labute approximate surface area is 307 Å². The lowest BCUT2D eigenvalue weighted by Gasteiger charge is -2.44. The van der Waals surface area contributed by atoms with Crippen molar-refractivity contribution in [1.29, 1.82) is 0 Å². The minimum atomic E-state index is -0.501. The van der Waals surface area contributed by atoms with E-state index < -0.39 is 5.82 Å². The average molecular weight is 721 g/mol. The first kappa shape index (κ1) is 34.6. The highest BCUT2D eigenvalue weighted by molar-refractivity contribution is 6.09. The molecule has 1 aliphatic carbocycles. The standard InChI is InChI=1S/C40H42F2N8O3/c1-2-36-34-20-28(42)21-44-38(34)50(31-5-3-4-25(18-31)33-12-11-32(51)19-26(33)22-47-16-14-43-15-17-47)40(53)49(36)30-9-7-29(8-10-30)45-39(52)35-24-48-23-27(41)6-13-37(48)46-35/h2-6,11-13,18-21,23-24,29-30,37,43,46,51H,7-10,14-17,22H2,1H3,(H,45,52). The van der Waals surface area contributed by atoms with Gasteiger partial charge in [0.15, 0.2) is 5.82 Å². The smallest absolute Gasteiger partial charge is 0.335 e. The van der Waals surface area contributed by atoms with Crippen molar-refractivity contribution in [1.82, 2.24) is 35.6 Å². The van der Waals surface area contributed by atoms with Crippen LogP contribution in [0.2, 0.25) is 0 Å². The van der Waals surface area contributed by atoms with Crippen LogP contribution in [0.3, 0.4) is 0 Å². The Kier molecular flexibility index (Phi) is 9.44. The normalized spacial score (nSPS) is 23.7. The molecule has 0 radical (unpaired) electrons. The number of aromatic hydroxyl groups is 1. The number of nitrogens with zero attached hydrogens (tertiary/aromatic N) is 5. The molecule has 2 fully saturated rings. The molecular formula is C40H42F2N8O3. The number of fused-ring (bicyclic) bond motifs is 2. The van der Waals surface area contributed by atoms with Gasteiger partial charge < -0.3 is 26.0 Å². The average Bonchev–Trinajstić information content (AvgIpc) is 3.59. The van der Waals surface area contributed by atoms with Crippen molar-refractivity contribution in [3.8, 4) is 16.9 Å². The number of urea groups is 1. The van der Waals surface area contributed by atoms with Crippen LogP contribution in [0.25, 0.3) is 16.8 Å². The van der Waals surface area contributed by atoms with Gasteiger partial charge in [0.1, 0.15) is 29.3 Å². The van der Waals surface area contributed by atoms with Crippen LogP contribution in [0.1, 0.15) is 43.7 Å². The zero-order valence-electron chi connectivity index (χ0n) is 29.4. The molecule has 1 atom stereocenters. The van der Waals surface area contributed by atoms with Gasteiger partial charge in [0.2, 0.25) is 0 Å². The molecule has 13 heteroatoms. The number of carbonyl (C=O) groups excluding carboxylic acids is 2. The summed E-state index contributed by atoms with van der Waals surface area (Å²) in [5, 5.41) is 20.0. The molecule has 1 saturated carbocycles. The van der Waals surface area contributed by atoms with E-state index in [9.17, 15) is 23.5 Å².